The first kappa shape index (κ1) is 43.3. The second kappa shape index (κ2) is 22.2. The Hall–Kier alpha value is -6.11. The number of hydrogen-bond acceptors (Lipinski definition) is 12. The summed E-state index contributed by atoms with van der Waals surface area (Å²) in [4.78, 5) is 61.2. The van der Waals surface area contributed by atoms with Gasteiger partial charge in [0.2, 0.25) is 11.8 Å². The minimum Gasteiger partial charge on any atom is -0.459 e. The number of imide groups is 1. The molecule has 1 atom stereocenters. The van der Waals surface area contributed by atoms with Crippen molar-refractivity contribution in [2.24, 2.45) is 5.92 Å². The molecule has 0 radical (unpaired) electrons. The van der Waals surface area contributed by atoms with Crippen LogP contribution in [0.5, 0.6) is 5.75 Å². The summed E-state index contributed by atoms with van der Waals surface area (Å²) in [7, 11) is 0. The summed E-state index contributed by atoms with van der Waals surface area (Å²) in [6.45, 7) is 7.08. The third kappa shape index (κ3) is 15.0. The van der Waals surface area contributed by atoms with E-state index in [1.165, 1.54) is 80.7 Å². The molecule has 1 unspecified atom stereocenters. The van der Waals surface area contributed by atoms with Gasteiger partial charge in [-0.1, -0.05) is 77.0 Å². The van der Waals surface area contributed by atoms with Gasteiger partial charge >= 0.3 is 17.9 Å². The number of esters is 3. The molecular weight excluding hydrogens is 702 g/mol. The molecule has 0 aliphatic carbocycles. The smallest absolute Gasteiger partial charge is 0.343 e. The number of anilines is 5. The number of amides is 2. The van der Waals surface area contributed by atoms with Crippen LogP contribution >= 0.6 is 0 Å². The number of unbranched alkanes of at least 4 members (excludes halogenated alkanes) is 7. The molecule has 13 nitrogen and oxygen atoms in total. The normalized spacial score (nSPS) is 13.6. The van der Waals surface area contributed by atoms with Crippen molar-refractivity contribution in [2.45, 2.75) is 78.1 Å². The van der Waals surface area contributed by atoms with Gasteiger partial charge in [0, 0.05) is 46.7 Å². The van der Waals surface area contributed by atoms with Crippen LogP contribution in [-0.4, -0.2) is 42.9 Å². The second-order valence-corrected chi connectivity index (χ2v) is 13.4. The maximum Gasteiger partial charge on any atom is 0.343 e. The zero-order valence-electron chi connectivity index (χ0n) is 31.7. The summed E-state index contributed by atoms with van der Waals surface area (Å²) in [6, 6.07) is 15.8. The van der Waals surface area contributed by atoms with E-state index in [1.54, 1.807) is 42.5 Å². The number of nitrogens with two attached hydrogens (primary N) is 4. The van der Waals surface area contributed by atoms with Crippen molar-refractivity contribution in [1.82, 2.24) is 0 Å². The lowest BCUT2D eigenvalue weighted by molar-refractivity contribution is -0.146. The highest BCUT2D eigenvalue weighted by atomic mass is 16.6. The summed E-state index contributed by atoms with van der Waals surface area (Å²) >= 11 is 0. The van der Waals surface area contributed by atoms with E-state index < -0.39 is 17.9 Å². The highest BCUT2D eigenvalue weighted by molar-refractivity contribution is 6.21. The maximum absolute atomic E-state index is 12.6. The Kier molecular flexibility index (Phi) is 17.5. The van der Waals surface area contributed by atoms with E-state index >= 15 is 0 Å². The zero-order valence-corrected chi connectivity index (χ0v) is 31.7. The Morgan fingerprint density at radius 2 is 1.33 bits per heavy atom. The molecule has 0 aromatic heterocycles. The molecule has 0 bridgehead atoms. The van der Waals surface area contributed by atoms with Crippen LogP contribution in [0.15, 0.2) is 78.9 Å². The SMILES string of the molecule is C=C(C)C(=O)OCCOC(=O)/C=C/c1ccc(OC(=O)c2cc(N)cc(N)c2)cc1.CCCCCCCCCCC1CC(=O)N(c2cc(N)cc(N)c2)C1=O. The van der Waals surface area contributed by atoms with Gasteiger partial charge in [-0.05, 0) is 73.5 Å². The van der Waals surface area contributed by atoms with Gasteiger partial charge < -0.3 is 37.1 Å². The van der Waals surface area contributed by atoms with Crippen molar-refractivity contribution in [3.63, 3.8) is 0 Å². The molecule has 13 heteroatoms. The van der Waals surface area contributed by atoms with Gasteiger partial charge in [0.25, 0.3) is 0 Å². The van der Waals surface area contributed by atoms with E-state index in [0.29, 0.717) is 46.2 Å². The van der Waals surface area contributed by atoms with Gasteiger partial charge in [-0.15, -0.1) is 0 Å². The summed E-state index contributed by atoms with van der Waals surface area (Å²) in [5.41, 5.74) is 26.3. The average molecular weight is 756 g/mol. The number of carbonyl (C=O) groups excluding carboxylic acids is 5. The van der Waals surface area contributed by atoms with Gasteiger partial charge in [-0.2, -0.15) is 0 Å². The van der Waals surface area contributed by atoms with Crippen LogP contribution < -0.4 is 32.6 Å². The average Bonchev–Trinajstić information content (AvgIpc) is 3.42. The summed E-state index contributed by atoms with van der Waals surface area (Å²) in [5, 5.41) is 0. The Morgan fingerprint density at radius 1 is 0.782 bits per heavy atom. The topological polar surface area (TPSA) is 220 Å². The third-order valence-electron chi connectivity index (χ3n) is 8.49. The molecule has 294 valence electrons. The van der Waals surface area contributed by atoms with E-state index in [4.69, 9.17) is 37.1 Å². The van der Waals surface area contributed by atoms with Crippen LogP contribution in [0.25, 0.3) is 6.08 Å². The van der Waals surface area contributed by atoms with Gasteiger partial charge in [-0.25, -0.2) is 14.4 Å². The van der Waals surface area contributed by atoms with Crippen LogP contribution in [0.2, 0.25) is 0 Å². The minimum absolute atomic E-state index is 0.0515. The Morgan fingerprint density at radius 3 is 1.91 bits per heavy atom. The number of hydrogen-bond donors (Lipinski definition) is 4. The van der Waals surface area contributed by atoms with Crippen molar-refractivity contribution in [3.8, 4) is 5.75 Å². The molecule has 3 aromatic carbocycles. The van der Waals surface area contributed by atoms with Crippen molar-refractivity contribution >= 4 is 64.2 Å². The lowest BCUT2D eigenvalue weighted by atomic mass is 9.98. The van der Waals surface area contributed by atoms with Gasteiger partial charge in [0.05, 0.1) is 11.3 Å². The van der Waals surface area contributed by atoms with Gasteiger partial charge in [0.1, 0.15) is 19.0 Å². The molecule has 1 aliphatic rings. The second-order valence-electron chi connectivity index (χ2n) is 13.4. The summed E-state index contributed by atoms with van der Waals surface area (Å²) in [6.07, 6.45) is 13.7. The summed E-state index contributed by atoms with van der Waals surface area (Å²) in [5.74, 6) is -1.86. The Balaban J connectivity index is 0.000000300. The van der Waals surface area contributed by atoms with Crippen molar-refractivity contribution in [3.05, 3.63) is 90.0 Å². The number of carbonyl (C=O) groups is 5. The van der Waals surface area contributed by atoms with E-state index in [0.717, 1.165) is 19.3 Å². The summed E-state index contributed by atoms with van der Waals surface area (Å²) < 4.78 is 15.0. The molecule has 3 aromatic rings. The fraction of sp³-hybridized carbons (Fsp3) is 0.357. The van der Waals surface area contributed by atoms with Gasteiger partial charge in [0.15, 0.2) is 0 Å². The Bertz CT molecular complexity index is 1800. The largest absolute Gasteiger partial charge is 0.459 e. The monoisotopic (exact) mass is 755 g/mol. The number of benzene rings is 3. The molecule has 4 rings (SSSR count). The predicted molar refractivity (Wildman–Crippen MR) is 216 cm³/mol. The molecule has 1 fully saturated rings. The molecule has 0 saturated carbocycles. The molecule has 1 heterocycles. The van der Waals surface area contributed by atoms with E-state index in [9.17, 15) is 24.0 Å². The first-order chi connectivity index (χ1) is 26.3. The van der Waals surface area contributed by atoms with Crippen LogP contribution in [0.3, 0.4) is 0 Å². The number of rotatable bonds is 18. The van der Waals surface area contributed by atoms with Crippen molar-refractivity contribution < 1.29 is 38.2 Å². The molecule has 1 saturated heterocycles. The van der Waals surface area contributed by atoms with Crippen LogP contribution in [0.1, 0.15) is 94.0 Å². The standard InChI is InChI=1S/C22H22N2O6.C20H31N3O2/c1-14(2)21(26)29-10-9-28-20(25)8-5-15-3-6-19(7-4-15)30-22(27)16-11-17(23)13-18(24)12-16;1-2-3-4-5-6-7-8-9-10-15-11-19(24)23(20(15)25)18-13-16(21)12-17(22)14-18/h3-8,11-13H,1,9-10,23-24H2,2H3;12-15H,2-11,21-22H2,1H3/b8-5+;. The minimum atomic E-state index is -0.590. The van der Waals surface area contributed by atoms with E-state index in [-0.39, 0.29) is 42.1 Å². The zero-order chi connectivity index (χ0) is 40.3. The maximum atomic E-state index is 12.6. The lowest BCUT2D eigenvalue weighted by Crippen LogP contribution is -2.30. The quantitative estimate of drug-likeness (QED) is 0.0257. The lowest BCUT2D eigenvalue weighted by Gasteiger charge is -2.16. The van der Waals surface area contributed by atoms with Crippen molar-refractivity contribution in [1.29, 1.82) is 0 Å². The highest BCUT2D eigenvalue weighted by Crippen LogP contribution is 2.32. The molecular formula is C42H53N5O8. The van der Waals surface area contributed by atoms with Crippen LogP contribution in [-0.2, 0) is 28.7 Å². The molecule has 8 N–H and O–H groups in total. The number of ether oxygens (including phenoxy) is 3. The molecule has 55 heavy (non-hydrogen) atoms. The molecule has 2 amide bonds. The fourth-order valence-corrected chi connectivity index (χ4v) is 5.72. The Labute approximate surface area is 322 Å². The highest BCUT2D eigenvalue weighted by Gasteiger charge is 2.39. The fourth-order valence-electron chi connectivity index (χ4n) is 5.72. The first-order valence-electron chi connectivity index (χ1n) is 18.5. The predicted octanol–water partition coefficient (Wildman–Crippen LogP) is 7.01. The number of nitrogens with zero attached hydrogens (tertiary/aromatic N) is 1. The van der Waals surface area contributed by atoms with E-state index in [2.05, 4.69) is 13.5 Å². The molecule has 1 aliphatic heterocycles. The first-order valence-corrected chi connectivity index (χ1v) is 18.5. The van der Waals surface area contributed by atoms with Crippen molar-refractivity contribution in [2.75, 3.05) is 41.0 Å². The van der Waals surface area contributed by atoms with Crippen LogP contribution in [0.4, 0.5) is 28.4 Å². The van der Waals surface area contributed by atoms with Crippen LogP contribution in [0, 0.1) is 5.92 Å². The number of nitrogen functional groups attached to an aromatic ring is 4. The third-order valence-corrected chi connectivity index (χ3v) is 8.49. The van der Waals surface area contributed by atoms with Gasteiger partial charge in [-0.3, -0.25) is 14.5 Å². The van der Waals surface area contributed by atoms with E-state index in [1.807, 2.05) is 0 Å². The molecule has 0 spiro atoms.